The van der Waals surface area contributed by atoms with Gasteiger partial charge in [0, 0.05) is 5.02 Å². The lowest BCUT2D eigenvalue weighted by Crippen LogP contribution is -2.08. The summed E-state index contributed by atoms with van der Waals surface area (Å²) in [6.45, 7) is 0. The average Bonchev–Trinajstić information content (AvgIpc) is 3.28. The van der Waals surface area contributed by atoms with E-state index in [9.17, 15) is 0 Å². The highest BCUT2D eigenvalue weighted by molar-refractivity contribution is 6.30. The van der Waals surface area contributed by atoms with Crippen molar-refractivity contribution in [3.63, 3.8) is 0 Å². The molecule has 3 aromatic rings. The SMILES string of the molecule is Clc1ccc(C2=N[C@H](c3ccccc3)N3[C@H](c4ccccc4)[C@H]23)cc1. The van der Waals surface area contributed by atoms with Crippen LogP contribution in [0.4, 0.5) is 0 Å². The third-order valence-electron chi connectivity index (χ3n) is 5.05. The summed E-state index contributed by atoms with van der Waals surface area (Å²) < 4.78 is 0. The van der Waals surface area contributed by atoms with Crippen molar-refractivity contribution in [2.24, 2.45) is 4.99 Å². The lowest BCUT2D eigenvalue weighted by Gasteiger charge is -2.14. The molecule has 2 aliphatic heterocycles. The van der Waals surface area contributed by atoms with Gasteiger partial charge < -0.3 is 0 Å². The third-order valence-corrected chi connectivity index (χ3v) is 5.31. The van der Waals surface area contributed by atoms with E-state index in [2.05, 4.69) is 77.7 Å². The van der Waals surface area contributed by atoms with Gasteiger partial charge in [0.25, 0.3) is 0 Å². The molecular formula is C22H17ClN2. The number of fused-ring (bicyclic) bond motifs is 1. The maximum absolute atomic E-state index is 6.06. The van der Waals surface area contributed by atoms with Crippen molar-refractivity contribution in [3.05, 3.63) is 107 Å². The van der Waals surface area contributed by atoms with Crippen LogP contribution in [0, 0.1) is 0 Å². The second kappa shape index (κ2) is 5.83. The number of nitrogens with zero attached hydrogens (tertiary/aromatic N) is 2. The summed E-state index contributed by atoms with van der Waals surface area (Å²) in [6.07, 6.45) is 0.0853. The van der Waals surface area contributed by atoms with Crippen molar-refractivity contribution in [2.75, 3.05) is 0 Å². The fraction of sp³-hybridized carbons (Fsp3) is 0.136. The third kappa shape index (κ3) is 2.50. The molecule has 0 amide bonds. The van der Waals surface area contributed by atoms with E-state index >= 15 is 0 Å². The molecule has 2 aliphatic rings. The van der Waals surface area contributed by atoms with Crippen molar-refractivity contribution >= 4 is 17.3 Å². The van der Waals surface area contributed by atoms with Crippen LogP contribution in [-0.2, 0) is 0 Å². The van der Waals surface area contributed by atoms with Crippen LogP contribution in [0.25, 0.3) is 0 Å². The summed E-state index contributed by atoms with van der Waals surface area (Å²) in [7, 11) is 0. The molecule has 0 bridgehead atoms. The molecule has 1 fully saturated rings. The molecule has 0 N–H and O–H groups in total. The monoisotopic (exact) mass is 344 g/mol. The summed E-state index contributed by atoms with van der Waals surface area (Å²) in [5.74, 6) is 0. The van der Waals surface area contributed by atoms with Gasteiger partial charge in [0.05, 0.1) is 17.8 Å². The Kier molecular flexibility index (Phi) is 3.47. The van der Waals surface area contributed by atoms with Crippen molar-refractivity contribution in [1.29, 1.82) is 0 Å². The number of hydrogen-bond donors (Lipinski definition) is 0. The molecule has 25 heavy (non-hydrogen) atoms. The molecule has 122 valence electrons. The Morgan fingerprint density at radius 1 is 0.680 bits per heavy atom. The zero-order valence-electron chi connectivity index (χ0n) is 13.6. The van der Waals surface area contributed by atoms with E-state index in [1.165, 1.54) is 16.8 Å². The standard InChI is InChI=1S/C22H17ClN2/c23-18-13-11-15(12-14-18)19-21-20(16-7-3-1-4-8-16)25(21)22(24-19)17-9-5-2-6-10-17/h1-14,20-22H/t20-,21+,22+,25?/m1/s1. The number of hydrogen-bond acceptors (Lipinski definition) is 2. The van der Waals surface area contributed by atoms with Gasteiger partial charge in [0.1, 0.15) is 6.17 Å². The first-order valence-corrected chi connectivity index (χ1v) is 8.92. The van der Waals surface area contributed by atoms with Crippen LogP contribution in [0.15, 0.2) is 89.9 Å². The second-order valence-electron chi connectivity index (χ2n) is 6.55. The lowest BCUT2D eigenvalue weighted by molar-refractivity contribution is 0.404. The lowest BCUT2D eigenvalue weighted by atomic mass is 10.0. The quantitative estimate of drug-likeness (QED) is 0.591. The highest BCUT2D eigenvalue weighted by Crippen LogP contribution is 2.55. The molecule has 2 nitrogen and oxygen atoms in total. The van der Waals surface area contributed by atoms with Gasteiger partial charge in [0.2, 0.25) is 0 Å². The number of rotatable bonds is 3. The molecule has 1 saturated heterocycles. The fourth-order valence-corrected chi connectivity index (χ4v) is 3.99. The Hall–Kier alpha value is -2.42. The fourth-order valence-electron chi connectivity index (χ4n) is 3.86. The van der Waals surface area contributed by atoms with Crippen LogP contribution in [0.2, 0.25) is 5.02 Å². The molecule has 5 rings (SSSR count). The van der Waals surface area contributed by atoms with Gasteiger partial charge in [-0.25, -0.2) is 0 Å². The predicted octanol–water partition coefficient (Wildman–Crippen LogP) is 5.27. The first-order chi connectivity index (χ1) is 12.3. The van der Waals surface area contributed by atoms with Gasteiger partial charge in [-0.05, 0) is 28.8 Å². The van der Waals surface area contributed by atoms with Crippen LogP contribution in [0.5, 0.6) is 0 Å². The van der Waals surface area contributed by atoms with E-state index in [1.807, 2.05) is 12.1 Å². The highest BCUT2D eigenvalue weighted by atomic mass is 35.5. The van der Waals surface area contributed by atoms with Crippen molar-refractivity contribution in [2.45, 2.75) is 18.2 Å². The van der Waals surface area contributed by atoms with Crippen LogP contribution in [0.3, 0.4) is 0 Å². The zero-order valence-corrected chi connectivity index (χ0v) is 14.3. The maximum Gasteiger partial charge on any atom is 0.129 e. The van der Waals surface area contributed by atoms with Gasteiger partial charge in [-0.1, -0.05) is 84.4 Å². The minimum absolute atomic E-state index is 0.0853. The number of benzene rings is 3. The van der Waals surface area contributed by atoms with E-state index in [1.54, 1.807) is 0 Å². The van der Waals surface area contributed by atoms with Crippen molar-refractivity contribution in [1.82, 2.24) is 4.90 Å². The molecule has 0 saturated carbocycles. The van der Waals surface area contributed by atoms with E-state index in [4.69, 9.17) is 16.6 Å². The smallest absolute Gasteiger partial charge is 0.129 e. The number of halogens is 1. The summed E-state index contributed by atoms with van der Waals surface area (Å²) in [5, 5.41) is 0.759. The predicted molar refractivity (Wildman–Crippen MR) is 102 cm³/mol. The molecule has 3 aromatic carbocycles. The Morgan fingerprint density at radius 3 is 1.92 bits per heavy atom. The first-order valence-electron chi connectivity index (χ1n) is 8.54. The van der Waals surface area contributed by atoms with Gasteiger partial charge in [0.15, 0.2) is 0 Å². The van der Waals surface area contributed by atoms with Gasteiger partial charge in [-0.15, -0.1) is 0 Å². The molecule has 1 unspecified atom stereocenters. The Bertz CT molecular complexity index is 919. The average molecular weight is 345 g/mol. The Balaban J connectivity index is 1.57. The Morgan fingerprint density at radius 2 is 1.28 bits per heavy atom. The highest BCUT2D eigenvalue weighted by Gasteiger charge is 2.59. The normalized spacial score (nSPS) is 26.8. The van der Waals surface area contributed by atoms with E-state index in [-0.39, 0.29) is 6.17 Å². The molecule has 0 spiro atoms. The van der Waals surface area contributed by atoms with Crippen LogP contribution in [-0.4, -0.2) is 16.7 Å². The minimum atomic E-state index is 0.0853. The van der Waals surface area contributed by atoms with Crippen LogP contribution >= 0.6 is 11.6 Å². The summed E-state index contributed by atoms with van der Waals surface area (Å²) in [6, 6.07) is 30.0. The maximum atomic E-state index is 6.06. The Labute approximate surface area is 152 Å². The molecular weight excluding hydrogens is 328 g/mol. The summed E-state index contributed by atoms with van der Waals surface area (Å²) in [4.78, 5) is 7.56. The van der Waals surface area contributed by atoms with Gasteiger partial charge in [-0.2, -0.15) is 0 Å². The molecule has 0 aliphatic carbocycles. The minimum Gasteiger partial charge on any atom is -0.263 e. The van der Waals surface area contributed by atoms with Crippen LogP contribution in [0.1, 0.15) is 28.9 Å². The van der Waals surface area contributed by atoms with Crippen molar-refractivity contribution in [3.8, 4) is 0 Å². The summed E-state index contributed by atoms with van der Waals surface area (Å²) >= 11 is 6.06. The van der Waals surface area contributed by atoms with E-state index < -0.39 is 0 Å². The molecule has 2 heterocycles. The number of aliphatic imine (C=N–C) groups is 1. The largest absolute Gasteiger partial charge is 0.263 e. The van der Waals surface area contributed by atoms with Gasteiger partial charge in [-0.3, -0.25) is 9.89 Å². The van der Waals surface area contributed by atoms with Crippen LogP contribution < -0.4 is 0 Å². The first kappa shape index (κ1) is 14.9. The summed E-state index contributed by atoms with van der Waals surface area (Å²) in [5.41, 5.74) is 4.93. The van der Waals surface area contributed by atoms with Crippen molar-refractivity contribution < 1.29 is 0 Å². The second-order valence-corrected chi connectivity index (χ2v) is 6.99. The zero-order chi connectivity index (χ0) is 16.8. The van der Waals surface area contributed by atoms with E-state index in [0.29, 0.717) is 12.1 Å². The van der Waals surface area contributed by atoms with E-state index in [0.717, 1.165) is 10.6 Å². The molecule has 0 radical (unpaired) electrons. The molecule has 3 heteroatoms. The topological polar surface area (TPSA) is 15.4 Å². The molecule has 4 atom stereocenters. The molecule has 0 aromatic heterocycles. The van der Waals surface area contributed by atoms with Gasteiger partial charge >= 0.3 is 0 Å².